The topological polar surface area (TPSA) is 108 Å². The van der Waals surface area contributed by atoms with Gasteiger partial charge in [0, 0.05) is 69.3 Å². The molecule has 2 fully saturated rings. The second kappa shape index (κ2) is 10.2. The van der Waals surface area contributed by atoms with Crippen LogP contribution in [-0.4, -0.2) is 81.1 Å². The number of piperidine rings is 2. The highest BCUT2D eigenvalue weighted by molar-refractivity contribution is 6.05. The number of hydrogen-bond donors (Lipinski definition) is 1. The number of rotatable bonds is 5. The van der Waals surface area contributed by atoms with E-state index in [1.807, 2.05) is 50.1 Å². The van der Waals surface area contributed by atoms with Gasteiger partial charge in [-0.25, -0.2) is 4.98 Å². The van der Waals surface area contributed by atoms with Crippen molar-refractivity contribution < 1.29 is 19.2 Å². The molecular formula is C30H34N6O4. The Morgan fingerprint density at radius 1 is 1.07 bits per heavy atom. The average molecular weight is 543 g/mol. The minimum Gasteiger partial charge on any atom is -0.349 e. The summed E-state index contributed by atoms with van der Waals surface area (Å²) in [6, 6.07) is 9.34. The molecule has 2 saturated heterocycles. The van der Waals surface area contributed by atoms with Crippen LogP contribution in [0.3, 0.4) is 0 Å². The number of carbonyl (C=O) groups is 4. The quantitative estimate of drug-likeness (QED) is 0.496. The van der Waals surface area contributed by atoms with Crippen molar-refractivity contribution >= 4 is 34.7 Å². The smallest absolute Gasteiger partial charge is 0.255 e. The predicted molar refractivity (Wildman–Crippen MR) is 149 cm³/mol. The van der Waals surface area contributed by atoms with Crippen LogP contribution >= 0.6 is 0 Å². The zero-order valence-corrected chi connectivity index (χ0v) is 23.1. The van der Waals surface area contributed by atoms with Crippen LogP contribution in [0.25, 0.3) is 22.3 Å². The lowest BCUT2D eigenvalue weighted by Crippen LogP contribution is -2.52. The third kappa shape index (κ3) is 4.66. The Kier molecular flexibility index (Phi) is 6.66. The van der Waals surface area contributed by atoms with Gasteiger partial charge in [0.15, 0.2) is 0 Å². The Bertz CT molecular complexity index is 1530. The number of nitrogens with zero attached hydrogens (tertiary/aromatic N) is 5. The molecule has 5 heterocycles. The number of aryl methyl sites for hydroxylation is 1. The van der Waals surface area contributed by atoms with E-state index in [4.69, 9.17) is 4.98 Å². The molecule has 10 heteroatoms. The van der Waals surface area contributed by atoms with Crippen LogP contribution < -0.4 is 5.32 Å². The second-order valence-electron chi connectivity index (χ2n) is 11.4. The van der Waals surface area contributed by atoms with Gasteiger partial charge in [0.2, 0.25) is 17.7 Å². The van der Waals surface area contributed by atoms with Gasteiger partial charge in [-0.05, 0) is 67.7 Å². The molecular weight excluding hydrogens is 508 g/mol. The summed E-state index contributed by atoms with van der Waals surface area (Å²) in [6.45, 7) is 2.83. The Hall–Kier alpha value is -4.05. The molecule has 3 aromatic rings. The van der Waals surface area contributed by atoms with Gasteiger partial charge in [-0.15, -0.1) is 0 Å². The third-order valence-electron chi connectivity index (χ3n) is 8.51. The highest BCUT2D eigenvalue weighted by Crippen LogP contribution is 2.33. The molecule has 0 bridgehead atoms. The number of aromatic nitrogens is 2. The summed E-state index contributed by atoms with van der Waals surface area (Å²) in [5.41, 5.74) is 5.26. The average Bonchev–Trinajstić information content (AvgIpc) is 3.48. The Morgan fingerprint density at radius 3 is 2.58 bits per heavy atom. The summed E-state index contributed by atoms with van der Waals surface area (Å²) in [5, 5.41) is 3.47. The zero-order chi connectivity index (χ0) is 28.1. The summed E-state index contributed by atoms with van der Waals surface area (Å²) in [6.07, 6.45) is 4.30. The highest BCUT2D eigenvalue weighted by atomic mass is 16.2. The van der Waals surface area contributed by atoms with E-state index in [1.165, 1.54) is 5.56 Å². The molecule has 40 heavy (non-hydrogen) atoms. The molecule has 1 atom stereocenters. The van der Waals surface area contributed by atoms with Crippen molar-refractivity contribution in [2.75, 3.05) is 27.2 Å². The Labute approximate surface area is 232 Å². The van der Waals surface area contributed by atoms with E-state index >= 15 is 0 Å². The minimum atomic E-state index is -0.636. The van der Waals surface area contributed by atoms with Gasteiger partial charge < -0.3 is 14.4 Å². The Balaban J connectivity index is 1.25. The number of nitrogens with one attached hydrogen (secondary N) is 1. The van der Waals surface area contributed by atoms with E-state index in [1.54, 1.807) is 9.80 Å². The first-order valence-corrected chi connectivity index (χ1v) is 13.9. The van der Waals surface area contributed by atoms with Gasteiger partial charge in [-0.3, -0.25) is 29.4 Å². The maximum absolute atomic E-state index is 13.1. The largest absolute Gasteiger partial charge is 0.349 e. The molecule has 1 aromatic carbocycles. The number of fused-ring (bicyclic) bond motifs is 2. The third-order valence-corrected chi connectivity index (χ3v) is 8.51. The number of imide groups is 1. The number of benzene rings is 1. The molecule has 4 amide bonds. The molecule has 0 spiro atoms. The predicted octanol–water partition coefficient (Wildman–Crippen LogP) is 2.30. The molecule has 10 nitrogen and oxygen atoms in total. The van der Waals surface area contributed by atoms with Crippen LogP contribution in [0.4, 0.5) is 0 Å². The van der Waals surface area contributed by atoms with E-state index < -0.39 is 11.9 Å². The molecule has 0 saturated carbocycles. The van der Waals surface area contributed by atoms with Gasteiger partial charge >= 0.3 is 0 Å². The maximum atomic E-state index is 13.1. The fourth-order valence-corrected chi connectivity index (χ4v) is 6.26. The van der Waals surface area contributed by atoms with Crippen molar-refractivity contribution in [1.29, 1.82) is 0 Å². The summed E-state index contributed by atoms with van der Waals surface area (Å²) in [5.74, 6) is -0.587. The number of likely N-dealkylation sites (tertiary alicyclic amines) is 1. The monoisotopic (exact) mass is 542 g/mol. The SMILES string of the molecule is CN(C)C(=O)C1CCN(Cc2cc(-c3ccc4c(c3)CN(C3CCC(=O)NC3=O)C4=O)nc3c2ccn3C)CC1. The van der Waals surface area contributed by atoms with E-state index in [0.717, 1.165) is 60.3 Å². The first-order chi connectivity index (χ1) is 19.2. The van der Waals surface area contributed by atoms with Gasteiger partial charge in [0.1, 0.15) is 11.7 Å². The van der Waals surface area contributed by atoms with E-state index in [2.05, 4.69) is 22.3 Å². The van der Waals surface area contributed by atoms with Crippen LogP contribution in [0.5, 0.6) is 0 Å². The molecule has 6 rings (SSSR count). The van der Waals surface area contributed by atoms with Gasteiger partial charge in [-0.1, -0.05) is 6.07 Å². The lowest BCUT2D eigenvalue weighted by atomic mass is 9.95. The summed E-state index contributed by atoms with van der Waals surface area (Å²) >= 11 is 0. The zero-order valence-electron chi connectivity index (χ0n) is 23.1. The first-order valence-electron chi connectivity index (χ1n) is 13.9. The van der Waals surface area contributed by atoms with E-state index in [-0.39, 0.29) is 30.1 Å². The molecule has 208 valence electrons. The van der Waals surface area contributed by atoms with Crippen molar-refractivity contribution in [3.05, 3.63) is 53.2 Å². The minimum absolute atomic E-state index is 0.0878. The molecule has 3 aliphatic heterocycles. The molecule has 1 N–H and O–H groups in total. The number of hydrogen-bond acceptors (Lipinski definition) is 6. The van der Waals surface area contributed by atoms with Crippen molar-refractivity contribution in [3.8, 4) is 11.3 Å². The van der Waals surface area contributed by atoms with E-state index in [0.29, 0.717) is 18.5 Å². The standard InChI is InChI=1S/C30H34N6O4/c1-33(2)29(39)18-8-12-35(13-9-18)16-21-15-24(31-27-22(21)10-11-34(27)3)19-4-5-23-20(14-19)17-36(30(23)40)25-6-7-26(37)32-28(25)38/h4-5,10-11,14-15,18,25H,6-9,12-13,16-17H2,1-3H3,(H,32,37,38). The molecule has 1 unspecified atom stereocenters. The Morgan fingerprint density at radius 2 is 1.85 bits per heavy atom. The maximum Gasteiger partial charge on any atom is 0.255 e. The summed E-state index contributed by atoms with van der Waals surface area (Å²) in [7, 11) is 5.63. The second-order valence-corrected chi connectivity index (χ2v) is 11.4. The number of pyridine rings is 1. The van der Waals surface area contributed by atoms with Crippen molar-refractivity contribution in [2.45, 2.75) is 44.8 Å². The van der Waals surface area contributed by atoms with Crippen LogP contribution in [0.15, 0.2) is 36.5 Å². The highest BCUT2D eigenvalue weighted by Gasteiger charge is 2.39. The van der Waals surface area contributed by atoms with Crippen molar-refractivity contribution in [1.82, 2.24) is 29.6 Å². The van der Waals surface area contributed by atoms with Crippen LogP contribution in [-0.2, 0) is 34.5 Å². The lowest BCUT2D eigenvalue weighted by Gasteiger charge is -2.32. The van der Waals surface area contributed by atoms with Gasteiger partial charge in [-0.2, -0.15) is 0 Å². The first kappa shape index (κ1) is 26.2. The summed E-state index contributed by atoms with van der Waals surface area (Å²) < 4.78 is 2.02. The lowest BCUT2D eigenvalue weighted by molar-refractivity contribution is -0.137. The summed E-state index contributed by atoms with van der Waals surface area (Å²) in [4.78, 5) is 60.2. The van der Waals surface area contributed by atoms with E-state index in [9.17, 15) is 19.2 Å². The van der Waals surface area contributed by atoms with Crippen molar-refractivity contribution in [2.24, 2.45) is 13.0 Å². The molecule has 0 radical (unpaired) electrons. The number of carbonyl (C=O) groups excluding carboxylic acids is 4. The van der Waals surface area contributed by atoms with Gasteiger partial charge in [0.05, 0.1) is 5.69 Å². The van der Waals surface area contributed by atoms with Crippen LogP contribution in [0.1, 0.15) is 47.2 Å². The fourth-order valence-electron chi connectivity index (χ4n) is 6.26. The molecule has 3 aliphatic rings. The van der Waals surface area contributed by atoms with Crippen LogP contribution in [0.2, 0.25) is 0 Å². The normalized spacial score (nSPS) is 20.2. The van der Waals surface area contributed by atoms with Crippen molar-refractivity contribution in [3.63, 3.8) is 0 Å². The molecule has 0 aliphatic carbocycles. The molecule has 2 aromatic heterocycles. The number of amides is 4. The van der Waals surface area contributed by atoms with Crippen LogP contribution in [0, 0.1) is 5.92 Å². The fraction of sp³-hybridized carbons (Fsp3) is 0.433. The van der Waals surface area contributed by atoms with Gasteiger partial charge in [0.25, 0.3) is 5.91 Å².